The van der Waals surface area contributed by atoms with Gasteiger partial charge in [-0.25, -0.2) is 0 Å². The smallest absolute Gasteiger partial charge is 0.197 e. The summed E-state index contributed by atoms with van der Waals surface area (Å²) in [4.78, 5) is 12.7. The monoisotopic (exact) mass is 331 g/mol. The van der Waals surface area contributed by atoms with Crippen LogP contribution in [0.2, 0.25) is 0 Å². The minimum absolute atomic E-state index is 0.0260. The first-order valence-electron chi connectivity index (χ1n) is 6.42. The molecular formula is C16H14BrNO2. The van der Waals surface area contributed by atoms with Crippen LogP contribution in [0.15, 0.2) is 34.8 Å². The highest BCUT2D eigenvalue weighted by atomic mass is 79.9. The largest absolute Gasteiger partial charge is 0.492 e. The van der Waals surface area contributed by atoms with Gasteiger partial charge in [-0.05, 0) is 48.4 Å². The lowest BCUT2D eigenvalue weighted by Gasteiger charge is -2.10. The maximum absolute atomic E-state index is 12.7. The van der Waals surface area contributed by atoms with Crippen LogP contribution in [0, 0.1) is 6.92 Å². The number of carbonyl (C=O) groups is 1. The molecule has 1 aliphatic heterocycles. The lowest BCUT2D eigenvalue weighted by molar-refractivity contribution is 0.103. The van der Waals surface area contributed by atoms with Crippen molar-refractivity contribution in [3.63, 3.8) is 0 Å². The number of halogens is 1. The van der Waals surface area contributed by atoms with Crippen LogP contribution in [0.5, 0.6) is 5.75 Å². The zero-order valence-corrected chi connectivity index (χ0v) is 12.7. The van der Waals surface area contributed by atoms with Crippen LogP contribution in [-0.4, -0.2) is 12.4 Å². The molecule has 0 fully saturated rings. The molecular weight excluding hydrogens is 318 g/mol. The molecule has 2 aromatic carbocycles. The molecule has 4 heteroatoms. The fourth-order valence-electron chi connectivity index (χ4n) is 2.52. The number of hydrogen-bond acceptors (Lipinski definition) is 3. The SMILES string of the molecule is Cc1cc(N)ccc1C(=O)c1cc(Br)cc2c1OCC2. The number of anilines is 1. The molecule has 0 radical (unpaired) electrons. The van der Waals surface area contributed by atoms with Crippen LogP contribution in [0.1, 0.15) is 27.0 Å². The Hall–Kier alpha value is -1.81. The highest BCUT2D eigenvalue weighted by molar-refractivity contribution is 9.10. The van der Waals surface area contributed by atoms with Crippen LogP contribution in [0.3, 0.4) is 0 Å². The van der Waals surface area contributed by atoms with E-state index in [1.54, 1.807) is 12.1 Å². The number of fused-ring (bicyclic) bond motifs is 1. The standard InChI is InChI=1S/C16H14BrNO2/c1-9-6-12(18)2-3-13(9)15(19)14-8-11(17)7-10-4-5-20-16(10)14/h2-3,6-8H,4-5,18H2,1H3. The molecule has 0 atom stereocenters. The molecule has 0 aromatic heterocycles. The summed E-state index contributed by atoms with van der Waals surface area (Å²) in [5, 5.41) is 0. The third-order valence-electron chi connectivity index (χ3n) is 3.49. The predicted octanol–water partition coefficient (Wildman–Crippen LogP) is 3.51. The number of aryl methyl sites for hydroxylation is 1. The van der Waals surface area contributed by atoms with Gasteiger partial charge in [-0.2, -0.15) is 0 Å². The molecule has 3 rings (SSSR count). The Morgan fingerprint density at radius 2 is 2.05 bits per heavy atom. The molecule has 102 valence electrons. The Balaban J connectivity index is 2.11. The highest BCUT2D eigenvalue weighted by Gasteiger charge is 2.23. The van der Waals surface area contributed by atoms with Crippen molar-refractivity contribution in [1.82, 2.24) is 0 Å². The second kappa shape index (κ2) is 4.94. The normalized spacial score (nSPS) is 12.9. The molecule has 1 heterocycles. The number of hydrogen-bond donors (Lipinski definition) is 1. The van der Waals surface area contributed by atoms with E-state index in [1.807, 2.05) is 25.1 Å². The van der Waals surface area contributed by atoms with Gasteiger partial charge in [-0.1, -0.05) is 15.9 Å². The molecule has 3 nitrogen and oxygen atoms in total. The lowest BCUT2D eigenvalue weighted by atomic mass is 9.96. The molecule has 0 bridgehead atoms. The number of carbonyl (C=O) groups excluding carboxylic acids is 1. The minimum atomic E-state index is -0.0260. The molecule has 0 saturated carbocycles. The first-order chi connectivity index (χ1) is 9.56. The number of nitrogens with two attached hydrogens (primary N) is 1. The second-order valence-corrected chi connectivity index (χ2v) is 5.86. The molecule has 0 aliphatic carbocycles. The van der Waals surface area contributed by atoms with Gasteiger partial charge >= 0.3 is 0 Å². The average Bonchev–Trinajstić information content (AvgIpc) is 2.85. The van der Waals surface area contributed by atoms with Crippen molar-refractivity contribution in [2.45, 2.75) is 13.3 Å². The van der Waals surface area contributed by atoms with E-state index in [2.05, 4.69) is 15.9 Å². The van der Waals surface area contributed by atoms with E-state index in [0.29, 0.717) is 23.4 Å². The molecule has 1 aliphatic rings. The molecule has 0 saturated heterocycles. The molecule has 0 amide bonds. The Kier molecular flexibility index (Phi) is 3.26. The zero-order valence-electron chi connectivity index (χ0n) is 11.1. The fraction of sp³-hybridized carbons (Fsp3) is 0.188. The van der Waals surface area contributed by atoms with Crippen molar-refractivity contribution in [3.05, 3.63) is 57.1 Å². The van der Waals surface area contributed by atoms with Gasteiger partial charge in [0.25, 0.3) is 0 Å². The number of nitrogen functional groups attached to an aromatic ring is 1. The Labute approximate surface area is 125 Å². The third-order valence-corrected chi connectivity index (χ3v) is 3.95. The maximum Gasteiger partial charge on any atom is 0.197 e. The summed E-state index contributed by atoms with van der Waals surface area (Å²) in [5.41, 5.74) is 9.63. The lowest BCUT2D eigenvalue weighted by Crippen LogP contribution is -2.06. The van der Waals surface area contributed by atoms with Crippen LogP contribution in [0.4, 0.5) is 5.69 Å². The maximum atomic E-state index is 12.7. The van der Waals surface area contributed by atoms with Crippen molar-refractivity contribution in [2.75, 3.05) is 12.3 Å². The Morgan fingerprint density at radius 3 is 2.80 bits per heavy atom. The molecule has 0 unspecified atom stereocenters. The molecule has 2 aromatic rings. The van der Waals surface area contributed by atoms with Gasteiger partial charge in [0.1, 0.15) is 5.75 Å². The fourth-order valence-corrected chi connectivity index (χ4v) is 3.03. The van der Waals surface area contributed by atoms with Gasteiger partial charge < -0.3 is 10.5 Å². The Bertz CT molecular complexity index is 710. The van der Waals surface area contributed by atoms with Crippen molar-refractivity contribution in [1.29, 1.82) is 0 Å². The second-order valence-electron chi connectivity index (χ2n) is 4.94. The quantitative estimate of drug-likeness (QED) is 0.676. The molecule has 20 heavy (non-hydrogen) atoms. The number of benzene rings is 2. The summed E-state index contributed by atoms with van der Waals surface area (Å²) >= 11 is 3.46. The number of ether oxygens (including phenoxy) is 1. The average molecular weight is 332 g/mol. The van der Waals surface area contributed by atoms with Gasteiger partial charge in [0, 0.05) is 22.1 Å². The van der Waals surface area contributed by atoms with Gasteiger partial charge in [0.2, 0.25) is 0 Å². The highest BCUT2D eigenvalue weighted by Crippen LogP contribution is 2.34. The summed E-state index contributed by atoms with van der Waals surface area (Å²) in [5.74, 6) is 0.691. The Morgan fingerprint density at radius 1 is 1.25 bits per heavy atom. The number of rotatable bonds is 2. The van der Waals surface area contributed by atoms with E-state index in [0.717, 1.165) is 27.8 Å². The van der Waals surface area contributed by atoms with Crippen molar-refractivity contribution in [3.8, 4) is 5.75 Å². The summed E-state index contributed by atoms with van der Waals surface area (Å²) in [6, 6.07) is 9.16. The number of ketones is 1. The van der Waals surface area contributed by atoms with Gasteiger partial charge in [-0.15, -0.1) is 0 Å². The van der Waals surface area contributed by atoms with E-state index in [9.17, 15) is 4.79 Å². The van der Waals surface area contributed by atoms with Crippen LogP contribution < -0.4 is 10.5 Å². The minimum Gasteiger partial charge on any atom is -0.492 e. The summed E-state index contributed by atoms with van der Waals surface area (Å²) in [6.45, 7) is 2.52. The first kappa shape index (κ1) is 13.2. The van der Waals surface area contributed by atoms with E-state index >= 15 is 0 Å². The third kappa shape index (κ3) is 2.20. The summed E-state index contributed by atoms with van der Waals surface area (Å²) in [6.07, 6.45) is 0.843. The first-order valence-corrected chi connectivity index (χ1v) is 7.21. The molecule has 2 N–H and O–H groups in total. The summed E-state index contributed by atoms with van der Waals surface area (Å²) < 4.78 is 6.53. The predicted molar refractivity (Wildman–Crippen MR) is 82.4 cm³/mol. The van der Waals surface area contributed by atoms with Crippen molar-refractivity contribution < 1.29 is 9.53 Å². The van der Waals surface area contributed by atoms with Crippen LogP contribution in [-0.2, 0) is 6.42 Å². The summed E-state index contributed by atoms with van der Waals surface area (Å²) in [7, 11) is 0. The van der Waals surface area contributed by atoms with E-state index in [-0.39, 0.29) is 5.78 Å². The van der Waals surface area contributed by atoms with Crippen LogP contribution >= 0.6 is 15.9 Å². The zero-order chi connectivity index (χ0) is 14.3. The van der Waals surface area contributed by atoms with Crippen LogP contribution in [0.25, 0.3) is 0 Å². The van der Waals surface area contributed by atoms with Gasteiger partial charge in [0.05, 0.1) is 12.2 Å². The van der Waals surface area contributed by atoms with Crippen molar-refractivity contribution >= 4 is 27.4 Å². The van der Waals surface area contributed by atoms with Crippen molar-refractivity contribution in [2.24, 2.45) is 0 Å². The molecule has 0 spiro atoms. The van der Waals surface area contributed by atoms with E-state index in [1.165, 1.54) is 0 Å². The topological polar surface area (TPSA) is 52.3 Å². The van der Waals surface area contributed by atoms with Gasteiger partial charge in [0.15, 0.2) is 5.78 Å². The van der Waals surface area contributed by atoms with E-state index in [4.69, 9.17) is 10.5 Å². The van der Waals surface area contributed by atoms with E-state index < -0.39 is 0 Å². The van der Waals surface area contributed by atoms with Gasteiger partial charge in [-0.3, -0.25) is 4.79 Å².